The van der Waals surface area contributed by atoms with Gasteiger partial charge in [-0.3, -0.25) is 0 Å². The molecule has 0 fully saturated rings. The average molecular weight is 399 g/mol. The van der Waals surface area contributed by atoms with Gasteiger partial charge in [-0.1, -0.05) is 19.8 Å². The first kappa shape index (κ1) is 18.6. The molecule has 2 heteroatoms. The van der Waals surface area contributed by atoms with Crippen LogP contribution in [-0.2, 0) is 53.8 Å². The molecule has 0 saturated heterocycles. The third-order valence-electron chi connectivity index (χ3n) is 1.50. The fourth-order valence-corrected chi connectivity index (χ4v) is 0.950. The summed E-state index contributed by atoms with van der Waals surface area (Å²) < 4.78 is 0. The van der Waals surface area contributed by atoms with E-state index >= 15 is 0 Å². The standard InChI is InChI=1S/C9H18.W.Y/c1-4-6-8-9(3)7-5-2;;/h5-6,9H,4,7-8H2,1-3H3;;/q-2;;. The summed E-state index contributed by atoms with van der Waals surface area (Å²) in [7, 11) is 0. The Balaban J connectivity index is -0.000000320. The Kier molecular flexibility index (Phi) is 24.2. The first-order valence-corrected chi connectivity index (χ1v) is 3.90. The van der Waals surface area contributed by atoms with Crippen LogP contribution in [0, 0.1) is 18.8 Å². The number of hydrogen-bond donors (Lipinski definition) is 0. The molecule has 0 aliphatic carbocycles. The van der Waals surface area contributed by atoms with Crippen molar-refractivity contribution in [3.63, 3.8) is 0 Å². The number of unbranched alkanes of at least 4 members (excludes halogenated alkanes) is 1. The van der Waals surface area contributed by atoms with E-state index < -0.39 is 0 Å². The van der Waals surface area contributed by atoms with Gasteiger partial charge in [-0.15, -0.1) is 0 Å². The van der Waals surface area contributed by atoms with E-state index in [2.05, 4.69) is 33.6 Å². The first-order chi connectivity index (χ1) is 4.31. The Bertz CT molecular complexity index is 57.5. The molecular weight excluding hydrogens is 381 g/mol. The summed E-state index contributed by atoms with van der Waals surface area (Å²) in [6.07, 6.45) is 8.35. The molecule has 0 amide bonds. The SMILES string of the molecule is C[CH-]CC(C)C[CH-]CC.[W].[Y]. The van der Waals surface area contributed by atoms with Crippen molar-refractivity contribution in [1.82, 2.24) is 0 Å². The van der Waals surface area contributed by atoms with Crippen molar-refractivity contribution in [2.75, 3.05) is 0 Å². The van der Waals surface area contributed by atoms with Crippen LogP contribution in [0.2, 0.25) is 0 Å². The van der Waals surface area contributed by atoms with Gasteiger partial charge in [0.2, 0.25) is 0 Å². The molecule has 0 spiro atoms. The van der Waals surface area contributed by atoms with Crippen molar-refractivity contribution in [2.45, 2.75) is 40.0 Å². The molecule has 1 radical (unpaired) electrons. The third-order valence-corrected chi connectivity index (χ3v) is 1.50. The minimum Gasteiger partial charge on any atom is -0.331 e. The molecule has 11 heavy (non-hydrogen) atoms. The second-order valence-corrected chi connectivity index (χ2v) is 2.68. The quantitative estimate of drug-likeness (QED) is 0.624. The Morgan fingerprint density at radius 1 is 1.27 bits per heavy atom. The molecule has 0 N–H and O–H groups in total. The molecule has 0 aliphatic heterocycles. The predicted octanol–water partition coefficient (Wildman–Crippen LogP) is 3.24. The van der Waals surface area contributed by atoms with Gasteiger partial charge < -0.3 is 12.8 Å². The monoisotopic (exact) mass is 399 g/mol. The Hall–Kier alpha value is 1.79. The van der Waals surface area contributed by atoms with Gasteiger partial charge in [0.05, 0.1) is 0 Å². The van der Waals surface area contributed by atoms with Gasteiger partial charge in [0.25, 0.3) is 0 Å². The second-order valence-electron chi connectivity index (χ2n) is 2.68. The number of hydrogen-bond acceptors (Lipinski definition) is 0. The molecule has 65 valence electrons. The number of rotatable bonds is 5. The first-order valence-electron chi connectivity index (χ1n) is 3.90. The van der Waals surface area contributed by atoms with Crippen molar-refractivity contribution in [2.24, 2.45) is 5.92 Å². The largest absolute Gasteiger partial charge is 0.331 e. The van der Waals surface area contributed by atoms with Crippen LogP contribution < -0.4 is 0 Å². The molecule has 0 nitrogen and oxygen atoms in total. The fourth-order valence-electron chi connectivity index (χ4n) is 0.950. The molecule has 0 aromatic carbocycles. The van der Waals surface area contributed by atoms with Crippen LogP contribution in [-0.4, -0.2) is 0 Å². The summed E-state index contributed by atoms with van der Waals surface area (Å²) in [5.41, 5.74) is 0. The molecule has 0 aromatic rings. The van der Waals surface area contributed by atoms with E-state index in [9.17, 15) is 0 Å². The Labute approximate surface area is 111 Å². The maximum absolute atomic E-state index is 2.36. The van der Waals surface area contributed by atoms with E-state index in [4.69, 9.17) is 0 Å². The van der Waals surface area contributed by atoms with E-state index in [1.807, 2.05) is 0 Å². The van der Waals surface area contributed by atoms with Crippen LogP contribution in [0.5, 0.6) is 0 Å². The molecule has 0 saturated carbocycles. The van der Waals surface area contributed by atoms with Gasteiger partial charge in [0.15, 0.2) is 0 Å². The summed E-state index contributed by atoms with van der Waals surface area (Å²) in [5, 5.41) is 0. The van der Waals surface area contributed by atoms with E-state index in [1.165, 1.54) is 19.3 Å². The van der Waals surface area contributed by atoms with Gasteiger partial charge >= 0.3 is 0 Å². The smallest absolute Gasteiger partial charge is 0 e. The van der Waals surface area contributed by atoms with E-state index in [1.54, 1.807) is 0 Å². The minimum absolute atomic E-state index is 0. The Morgan fingerprint density at radius 2 is 1.82 bits per heavy atom. The van der Waals surface area contributed by atoms with Crippen LogP contribution in [0.4, 0.5) is 0 Å². The van der Waals surface area contributed by atoms with Crippen LogP contribution >= 0.6 is 0 Å². The second kappa shape index (κ2) is 14.3. The van der Waals surface area contributed by atoms with Crippen molar-refractivity contribution in [3.8, 4) is 0 Å². The molecule has 0 bridgehead atoms. The van der Waals surface area contributed by atoms with Gasteiger partial charge in [-0.2, -0.15) is 26.2 Å². The molecule has 1 unspecified atom stereocenters. The normalized spacial score (nSPS) is 11.2. The van der Waals surface area contributed by atoms with Gasteiger partial charge in [0, 0.05) is 53.8 Å². The molecular formula is C9H18WY-2. The van der Waals surface area contributed by atoms with Crippen molar-refractivity contribution in [1.29, 1.82) is 0 Å². The summed E-state index contributed by atoms with van der Waals surface area (Å²) >= 11 is 0. The molecule has 0 aromatic heterocycles. The average Bonchev–Trinajstić information content (AvgIpc) is 1.85. The summed E-state index contributed by atoms with van der Waals surface area (Å²) in [5.74, 6) is 0.856. The van der Waals surface area contributed by atoms with E-state index in [-0.39, 0.29) is 53.8 Å². The minimum atomic E-state index is 0. The molecule has 0 aliphatic rings. The van der Waals surface area contributed by atoms with Crippen LogP contribution in [0.15, 0.2) is 0 Å². The maximum Gasteiger partial charge on any atom is 0 e. The van der Waals surface area contributed by atoms with E-state index in [0.717, 1.165) is 5.92 Å². The zero-order chi connectivity index (χ0) is 7.11. The Morgan fingerprint density at radius 3 is 2.18 bits per heavy atom. The van der Waals surface area contributed by atoms with Crippen LogP contribution in [0.3, 0.4) is 0 Å². The zero-order valence-electron chi connectivity index (χ0n) is 7.84. The van der Waals surface area contributed by atoms with Gasteiger partial charge in [-0.25, -0.2) is 0 Å². The summed E-state index contributed by atoms with van der Waals surface area (Å²) in [6.45, 7) is 6.62. The third kappa shape index (κ3) is 14.6. The fraction of sp³-hybridized carbons (Fsp3) is 0.778. The van der Waals surface area contributed by atoms with Crippen molar-refractivity contribution >= 4 is 0 Å². The van der Waals surface area contributed by atoms with Gasteiger partial charge in [-0.05, 0) is 0 Å². The summed E-state index contributed by atoms with van der Waals surface area (Å²) in [6, 6.07) is 0. The van der Waals surface area contributed by atoms with Crippen LogP contribution in [0.1, 0.15) is 40.0 Å². The molecule has 1 atom stereocenters. The van der Waals surface area contributed by atoms with Crippen LogP contribution in [0.25, 0.3) is 0 Å². The van der Waals surface area contributed by atoms with E-state index in [0.29, 0.717) is 0 Å². The van der Waals surface area contributed by atoms with Crippen molar-refractivity contribution in [3.05, 3.63) is 12.8 Å². The predicted molar refractivity (Wildman–Crippen MR) is 43.0 cm³/mol. The summed E-state index contributed by atoms with van der Waals surface area (Å²) in [4.78, 5) is 0. The van der Waals surface area contributed by atoms with Crippen molar-refractivity contribution < 1.29 is 53.8 Å². The topological polar surface area (TPSA) is 0 Å². The zero-order valence-corrected chi connectivity index (χ0v) is 13.6. The molecule has 0 rings (SSSR count). The molecule has 0 heterocycles. The van der Waals surface area contributed by atoms with Gasteiger partial charge in [0.1, 0.15) is 0 Å². The maximum atomic E-state index is 2.36.